The highest BCUT2D eigenvalue weighted by Crippen LogP contribution is 2.29. The summed E-state index contributed by atoms with van der Waals surface area (Å²) in [5.41, 5.74) is 7.24. The minimum Gasteiger partial charge on any atom is -0.323 e. The summed E-state index contributed by atoms with van der Waals surface area (Å²) in [6.07, 6.45) is 0.754. The Morgan fingerprint density at radius 2 is 1.94 bits per heavy atom. The normalized spacial score (nSPS) is 12.7. The quantitative estimate of drug-likeness (QED) is 0.822. The van der Waals surface area contributed by atoms with Crippen LogP contribution in [0.5, 0.6) is 0 Å². The molecule has 0 aliphatic rings. The van der Waals surface area contributed by atoms with Gasteiger partial charge < -0.3 is 5.73 Å². The van der Waals surface area contributed by atoms with E-state index >= 15 is 0 Å². The van der Waals surface area contributed by atoms with Crippen LogP contribution >= 0.6 is 50.5 Å². The molecule has 0 saturated carbocycles. The lowest BCUT2D eigenvalue weighted by atomic mass is 10.1. The van der Waals surface area contributed by atoms with Gasteiger partial charge in [-0.3, -0.25) is 0 Å². The third-order valence-corrected chi connectivity index (χ3v) is 4.89. The third kappa shape index (κ3) is 3.46. The molecule has 2 rings (SSSR count). The first-order valence-corrected chi connectivity index (χ1v) is 7.37. The van der Waals surface area contributed by atoms with E-state index in [0.29, 0.717) is 10.0 Å². The predicted octanol–water partition coefficient (Wildman–Crippen LogP) is 5.06. The number of thiophene rings is 1. The summed E-state index contributed by atoms with van der Waals surface area (Å²) in [4.78, 5) is 1.16. The van der Waals surface area contributed by atoms with Crippen molar-refractivity contribution in [1.82, 2.24) is 0 Å². The Morgan fingerprint density at radius 1 is 1.18 bits per heavy atom. The van der Waals surface area contributed by atoms with Gasteiger partial charge in [0.15, 0.2) is 0 Å². The summed E-state index contributed by atoms with van der Waals surface area (Å²) >= 11 is 16.9. The molecule has 2 aromatic rings. The van der Waals surface area contributed by atoms with Crippen LogP contribution in [-0.4, -0.2) is 0 Å². The van der Waals surface area contributed by atoms with Crippen LogP contribution in [0.15, 0.2) is 34.1 Å². The zero-order valence-electron chi connectivity index (χ0n) is 8.79. The second kappa shape index (κ2) is 5.72. The summed E-state index contributed by atoms with van der Waals surface area (Å²) < 4.78 is 1.09. The molecule has 0 saturated heterocycles. The molecule has 2 N–H and O–H groups in total. The highest BCUT2D eigenvalue weighted by Gasteiger charge is 2.10. The first-order valence-electron chi connectivity index (χ1n) is 5.01. The average Bonchev–Trinajstić information content (AvgIpc) is 2.70. The van der Waals surface area contributed by atoms with Gasteiger partial charge in [-0.25, -0.2) is 0 Å². The molecule has 17 heavy (non-hydrogen) atoms. The Morgan fingerprint density at radius 3 is 2.53 bits per heavy atom. The lowest BCUT2D eigenvalue weighted by molar-refractivity contribution is 0.736. The van der Waals surface area contributed by atoms with Crippen LogP contribution in [0.2, 0.25) is 10.0 Å². The molecule has 1 unspecified atom stereocenters. The van der Waals surface area contributed by atoms with E-state index in [1.165, 1.54) is 0 Å². The van der Waals surface area contributed by atoms with Gasteiger partial charge in [-0.1, -0.05) is 29.3 Å². The third-order valence-electron chi connectivity index (χ3n) is 2.40. The molecule has 0 aliphatic carbocycles. The largest absolute Gasteiger partial charge is 0.323 e. The molecular weight excluding hydrogens is 341 g/mol. The van der Waals surface area contributed by atoms with E-state index in [4.69, 9.17) is 28.9 Å². The standard InChI is InChI=1S/C12H10BrCl2NS/c13-12-4-3-11(17-12)10(16)6-7-1-2-8(14)9(15)5-7/h1-5,10H,6,16H2. The molecule has 5 heteroatoms. The molecule has 0 amide bonds. The van der Waals surface area contributed by atoms with E-state index in [9.17, 15) is 0 Å². The van der Waals surface area contributed by atoms with E-state index in [1.54, 1.807) is 17.4 Å². The van der Waals surface area contributed by atoms with Crippen LogP contribution < -0.4 is 5.73 Å². The Bertz CT molecular complexity index is 527. The Labute approximate surface area is 123 Å². The number of benzene rings is 1. The SMILES string of the molecule is NC(Cc1ccc(Cl)c(Cl)c1)c1ccc(Br)s1. The van der Waals surface area contributed by atoms with Crippen molar-refractivity contribution in [3.63, 3.8) is 0 Å². The van der Waals surface area contributed by atoms with E-state index < -0.39 is 0 Å². The highest BCUT2D eigenvalue weighted by molar-refractivity contribution is 9.11. The van der Waals surface area contributed by atoms with Gasteiger partial charge in [-0.05, 0) is 52.2 Å². The minimum atomic E-state index is -0.0106. The summed E-state index contributed by atoms with van der Waals surface area (Å²) in [5, 5.41) is 1.14. The van der Waals surface area contributed by atoms with Crippen LogP contribution in [0.1, 0.15) is 16.5 Å². The van der Waals surface area contributed by atoms with Crippen molar-refractivity contribution in [2.45, 2.75) is 12.5 Å². The van der Waals surface area contributed by atoms with Gasteiger partial charge in [-0.2, -0.15) is 0 Å². The zero-order chi connectivity index (χ0) is 12.4. The summed E-state index contributed by atoms with van der Waals surface area (Å²) in [6.45, 7) is 0. The fourth-order valence-corrected chi connectivity index (χ4v) is 3.29. The van der Waals surface area contributed by atoms with Crippen LogP contribution in [0.3, 0.4) is 0 Å². The molecule has 1 aromatic carbocycles. The van der Waals surface area contributed by atoms with Crippen molar-refractivity contribution in [1.29, 1.82) is 0 Å². The predicted molar refractivity (Wildman–Crippen MR) is 79.1 cm³/mol. The van der Waals surface area contributed by atoms with Gasteiger partial charge in [0.1, 0.15) is 0 Å². The van der Waals surface area contributed by atoms with E-state index in [-0.39, 0.29) is 6.04 Å². The Kier molecular flexibility index (Phi) is 4.50. The maximum absolute atomic E-state index is 6.14. The fourth-order valence-electron chi connectivity index (χ4n) is 1.55. The smallest absolute Gasteiger partial charge is 0.0701 e. The van der Waals surface area contributed by atoms with Crippen molar-refractivity contribution < 1.29 is 0 Å². The van der Waals surface area contributed by atoms with Gasteiger partial charge >= 0.3 is 0 Å². The van der Waals surface area contributed by atoms with Crippen LogP contribution in [0.4, 0.5) is 0 Å². The van der Waals surface area contributed by atoms with E-state index in [0.717, 1.165) is 20.6 Å². The fraction of sp³-hybridized carbons (Fsp3) is 0.167. The van der Waals surface area contributed by atoms with Crippen molar-refractivity contribution in [2.24, 2.45) is 5.73 Å². The second-order valence-corrected chi connectivity index (χ2v) is 7.01. The van der Waals surface area contributed by atoms with Crippen LogP contribution in [-0.2, 0) is 6.42 Å². The maximum atomic E-state index is 6.14. The monoisotopic (exact) mass is 349 g/mol. The molecule has 0 bridgehead atoms. The van der Waals surface area contributed by atoms with Crippen LogP contribution in [0.25, 0.3) is 0 Å². The number of rotatable bonds is 3. The minimum absolute atomic E-state index is 0.0106. The van der Waals surface area contributed by atoms with Gasteiger partial charge in [0.2, 0.25) is 0 Å². The van der Waals surface area contributed by atoms with Gasteiger partial charge in [0, 0.05) is 10.9 Å². The number of nitrogens with two attached hydrogens (primary N) is 1. The van der Waals surface area contributed by atoms with E-state index in [2.05, 4.69) is 15.9 Å². The lowest BCUT2D eigenvalue weighted by Gasteiger charge is -2.10. The molecule has 0 spiro atoms. The molecule has 0 radical (unpaired) electrons. The number of hydrogen-bond acceptors (Lipinski definition) is 2. The average molecular weight is 351 g/mol. The maximum Gasteiger partial charge on any atom is 0.0701 e. The molecule has 1 nitrogen and oxygen atoms in total. The summed E-state index contributed by atoms with van der Waals surface area (Å²) in [6, 6.07) is 9.66. The number of hydrogen-bond donors (Lipinski definition) is 1. The molecule has 1 heterocycles. The molecule has 90 valence electrons. The van der Waals surface area contributed by atoms with Gasteiger partial charge in [0.05, 0.1) is 13.8 Å². The Hall–Kier alpha value is -0.0600. The first-order chi connectivity index (χ1) is 8.06. The van der Waals surface area contributed by atoms with Crippen molar-refractivity contribution in [3.8, 4) is 0 Å². The molecule has 0 aliphatic heterocycles. The van der Waals surface area contributed by atoms with Crippen molar-refractivity contribution in [2.75, 3.05) is 0 Å². The van der Waals surface area contributed by atoms with Gasteiger partial charge in [0.25, 0.3) is 0 Å². The first kappa shape index (κ1) is 13.4. The molecule has 1 aromatic heterocycles. The molecular formula is C12H10BrCl2NS. The van der Waals surface area contributed by atoms with Gasteiger partial charge in [-0.15, -0.1) is 11.3 Å². The Balaban J connectivity index is 2.12. The molecule has 0 fully saturated rings. The topological polar surface area (TPSA) is 26.0 Å². The number of halogens is 3. The zero-order valence-corrected chi connectivity index (χ0v) is 12.7. The highest BCUT2D eigenvalue weighted by atomic mass is 79.9. The lowest BCUT2D eigenvalue weighted by Crippen LogP contribution is -2.11. The van der Waals surface area contributed by atoms with Crippen molar-refractivity contribution in [3.05, 3.63) is 54.6 Å². The summed E-state index contributed by atoms with van der Waals surface area (Å²) in [7, 11) is 0. The molecule has 1 atom stereocenters. The van der Waals surface area contributed by atoms with Crippen molar-refractivity contribution >= 4 is 50.5 Å². The second-order valence-electron chi connectivity index (χ2n) is 3.70. The van der Waals surface area contributed by atoms with E-state index in [1.807, 2.05) is 24.3 Å². The van der Waals surface area contributed by atoms with Crippen LogP contribution in [0, 0.1) is 0 Å². The summed E-state index contributed by atoms with van der Waals surface area (Å²) in [5.74, 6) is 0.